The summed E-state index contributed by atoms with van der Waals surface area (Å²) < 4.78 is 13.2. The van der Waals surface area contributed by atoms with Crippen LogP contribution < -0.4 is 9.47 Å². The van der Waals surface area contributed by atoms with Gasteiger partial charge < -0.3 is 14.6 Å². The van der Waals surface area contributed by atoms with E-state index in [0.717, 1.165) is 62.2 Å². The molecule has 0 amide bonds. The van der Waals surface area contributed by atoms with Crippen molar-refractivity contribution in [2.24, 2.45) is 0 Å². The van der Waals surface area contributed by atoms with Gasteiger partial charge in [-0.2, -0.15) is 9.78 Å². The summed E-state index contributed by atoms with van der Waals surface area (Å²) in [6, 6.07) is 11.0. The Kier molecular flexibility index (Phi) is 9.65. The Morgan fingerprint density at radius 3 is 2.63 bits per heavy atom. The zero-order valence-electron chi connectivity index (χ0n) is 26.2. The van der Waals surface area contributed by atoms with E-state index in [1.165, 1.54) is 51.6 Å². The van der Waals surface area contributed by atoms with Crippen molar-refractivity contribution in [1.29, 1.82) is 0 Å². The minimum Gasteiger partial charge on any atom is -0.496 e. The number of benzene rings is 1. The van der Waals surface area contributed by atoms with Gasteiger partial charge in [-0.25, -0.2) is 9.78 Å². The number of carbonyl (C=O) groups is 1. The van der Waals surface area contributed by atoms with Crippen molar-refractivity contribution in [1.82, 2.24) is 19.7 Å². The standard InChI is InChI=1S/C35H44N4O4/c1-6-26(7-2)38-20-19-28-25(22-38)16-15-24(33(28)42-5)17-18-27-23(4)11-9-12-29(27)31-13-10-14-32(37-31)39-34(43-8-3)30(21-36-39)35(40)41/h10,12-16,21,26H,6-9,11,17-20,22H2,1-5H3,(H,40,41). The zero-order chi connectivity index (χ0) is 30.5. The smallest absolute Gasteiger partial charge is 0.342 e. The van der Waals surface area contributed by atoms with Crippen LogP contribution in [0, 0.1) is 0 Å². The minimum atomic E-state index is -1.08. The Morgan fingerprint density at radius 1 is 1.09 bits per heavy atom. The van der Waals surface area contributed by atoms with Gasteiger partial charge in [-0.05, 0) is 93.2 Å². The molecule has 0 saturated carbocycles. The van der Waals surface area contributed by atoms with Crippen molar-refractivity contribution in [3.63, 3.8) is 0 Å². The van der Waals surface area contributed by atoms with Crippen molar-refractivity contribution in [2.45, 2.75) is 85.2 Å². The lowest BCUT2D eigenvalue weighted by Crippen LogP contribution is -2.38. The highest BCUT2D eigenvalue weighted by molar-refractivity contribution is 5.90. The highest BCUT2D eigenvalue weighted by Gasteiger charge is 2.26. The second kappa shape index (κ2) is 13.6. The molecule has 2 aromatic heterocycles. The highest BCUT2D eigenvalue weighted by Crippen LogP contribution is 2.38. The first kappa shape index (κ1) is 30.5. The normalized spacial score (nSPS) is 15.4. The predicted octanol–water partition coefficient (Wildman–Crippen LogP) is 7.05. The molecule has 3 heterocycles. The second-order valence-corrected chi connectivity index (χ2v) is 11.4. The number of nitrogens with zero attached hydrogens (tertiary/aromatic N) is 4. The summed E-state index contributed by atoms with van der Waals surface area (Å²) in [5.74, 6) is 0.683. The molecule has 1 N–H and O–H groups in total. The van der Waals surface area contributed by atoms with Crippen LogP contribution in [-0.2, 0) is 19.4 Å². The van der Waals surface area contributed by atoms with Gasteiger partial charge in [0.15, 0.2) is 5.82 Å². The summed E-state index contributed by atoms with van der Waals surface area (Å²) in [6.45, 7) is 11.0. The lowest BCUT2D eigenvalue weighted by molar-refractivity contribution is 0.0692. The quantitative estimate of drug-likeness (QED) is 0.244. The van der Waals surface area contributed by atoms with Crippen LogP contribution in [0.2, 0.25) is 0 Å². The van der Waals surface area contributed by atoms with Gasteiger partial charge in [-0.3, -0.25) is 4.90 Å². The van der Waals surface area contributed by atoms with Crippen molar-refractivity contribution in [3.8, 4) is 17.4 Å². The molecule has 0 fully saturated rings. The summed E-state index contributed by atoms with van der Waals surface area (Å²) in [6.07, 6.45) is 10.7. The van der Waals surface area contributed by atoms with Crippen molar-refractivity contribution < 1.29 is 19.4 Å². The van der Waals surface area contributed by atoms with E-state index in [9.17, 15) is 9.90 Å². The number of aromatic carboxylic acids is 1. The maximum absolute atomic E-state index is 11.7. The van der Waals surface area contributed by atoms with Gasteiger partial charge in [-0.15, -0.1) is 0 Å². The van der Waals surface area contributed by atoms with Crippen molar-refractivity contribution in [2.75, 3.05) is 20.3 Å². The van der Waals surface area contributed by atoms with Crippen LogP contribution in [0.4, 0.5) is 0 Å². The third-order valence-electron chi connectivity index (χ3n) is 8.94. The van der Waals surface area contributed by atoms with E-state index < -0.39 is 5.97 Å². The first-order chi connectivity index (χ1) is 20.9. The molecule has 0 atom stereocenters. The molecule has 5 rings (SSSR count). The topological polar surface area (TPSA) is 89.7 Å². The van der Waals surface area contributed by atoms with Crippen molar-refractivity contribution in [3.05, 3.63) is 81.7 Å². The van der Waals surface area contributed by atoms with E-state index >= 15 is 0 Å². The fourth-order valence-corrected chi connectivity index (χ4v) is 6.68. The summed E-state index contributed by atoms with van der Waals surface area (Å²) >= 11 is 0. The lowest BCUT2D eigenvalue weighted by atomic mass is 9.85. The number of hydrogen-bond donors (Lipinski definition) is 1. The van der Waals surface area contributed by atoms with Crippen LogP contribution in [0.25, 0.3) is 11.4 Å². The Bertz CT molecular complexity index is 1530. The molecule has 2 aliphatic rings. The van der Waals surface area contributed by atoms with Gasteiger partial charge in [0, 0.05) is 24.7 Å². The molecule has 0 unspecified atom stereocenters. The molecule has 8 heteroatoms. The molecule has 228 valence electrons. The zero-order valence-corrected chi connectivity index (χ0v) is 26.2. The maximum atomic E-state index is 11.7. The predicted molar refractivity (Wildman–Crippen MR) is 169 cm³/mol. The van der Waals surface area contributed by atoms with Gasteiger partial charge in [0.2, 0.25) is 5.88 Å². The van der Waals surface area contributed by atoms with E-state index in [1.807, 2.05) is 25.1 Å². The average Bonchev–Trinajstić information content (AvgIpc) is 3.45. The maximum Gasteiger partial charge on any atom is 0.342 e. The fraction of sp³-hybridized carbons (Fsp3) is 0.457. The largest absolute Gasteiger partial charge is 0.496 e. The van der Waals surface area contributed by atoms with Crippen LogP contribution in [0.5, 0.6) is 11.6 Å². The second-order valence-electron chi connectivity index (χ2n) is 11.4. The third-order valence-corrected chi connectivity index (χ3v) is 8.94. The van der Waals surface area contributed by atoms with Crippen LogP contribution >= 0.6 is 0 Å². The number of carboxylic acids is 1. The number of rotatable bonds is 12. The van der Waals surface area contributed by atoms with Crippen LogP contribution in [0.15, 0.2) is 53.8 Å². The van der Waals surface area contributed by atoms with Gasteiger partial charge >= 0.3 is 5.97 Å². The molecule has 1 aliphatic heterocycles. The molecule has 1 aliphatic carbocycles. The number of methoxy groups -OCH3 is 1. The number of ether oxygens (including phenoxy) is 2. The van der Waals surface area contributed by atoms with Crippen LogP contribution in [-0.4, -0.2) is 57.0 Å². The molecular formula is C35H44N4O4. The first-order valence-electron chi connectivity index (χ1n) is 15.6. The van der Waals surface area contributed by atoms with Gasteiger partial charge in [0.25, 0.3) is 0 Å². The van der Waals surface area contributed by atoms with Crippen LogP contribution in [0.3, 0.4) is 0 Å². The summed E-state index contributed by atoms with van der Waals surface area (Å²) in [5.41, 5.74) is 8.70. The molecule has 8 nitrogen and oxygen atoms in total. The number of fused-ring (bicyclic) bond motifs is 1. The number of pyridine rings is 1. The summed E-state index contributed by atoms with van der Waals surface area (Å²) in [5, 5.41) is 13.9. The Balaban J connectivity index is 1.40. The molecule has 0 bridgehead atoms. The van der Waals surface area contributed by atoms with E-state index in [-0.39, 0.29) is 11.4 Å². The summed E-state index contributed by atoms with van der Waals surface area (Å²) in [4.78, 5) is 19.3. The third kappa shape index (κ3) is 6.25. The Hall–Kier alpha value is -3.91. The van der Waals surface area contributed by atoms with Crippen LogP contribution in [0.1, 0.15) is 92.5 Å². The lowest BCUT2D eigenvalue weighted by Gasteiger charge is -2.35. The number of hydrogen-bond acceptors (Lipinski definition) is 6. The minimum absolute atomic E-state index is 0.0182. The highest BCUT2D eigenvalue weighted by atomic mass is 16.5. The van der Waals surface area contributed by atoms with E-state index in [4.69, 9.17) is 14.5 Å². The number of allylic oxidation sites excluding steroid dienone is 4. The molecule has 43 heavy (non-hydrogen) atoms. The monoisotopic (exact) mass is 584 g/mol. The number of carboxylic acid groups (broad SMARTS) is 1. The average molecular weight is 585 g/mol. The molecule has 0 spiro atoms. The van der Waals surface area contributed by atoms with Crippen molar-refractivity contribution >= 4 is 11.5 Å². The van der Waals surface area contributed by atoms with Gasteiger partial charge in [0.05, 0.1) is 25.6 Å². The molecule has 0 radical (unpaired) electrons. The Labute approximate surface area is 255 Å². The van der Waals surface area contributed by atoms with E-state index in [2.05, 4.69) is 49.0 Å². The summed E-state index contributed by atoms with van der Waals surface area (Å²) in [7, 11) is 1.81. The number of aromatic nitrogens is 3. The van der Waals surface area contributed by atoms with E-state index in [1.54, 1.807) is 7.11 Å². The molecule has 0 saturated heterocycles. The fourth-order valence-electron chi connectivity index (χ4n) is 6.68. The van der Waals surface area contributed by atoms with E-state index in [0.29, 0.717) is 18.5 Å². The molecule has 1 aromatic carbocycles. The number of aryl methyl sites for hydroxylation is 1. The van der Waals surface area contributed by atoms with Gasteiger partial charge in [0.1, 0.15) is 11.3 Å². The van der Waals surface area contributed by atoms with Gasteiger partial charge in [-0.1, -0.05) is 43.7 Å². The molecular weight excluding hydrogens is 540 g/mol. The first-order valence-corrected chi connectivity index (χ1v) is 15.6. The SMILES string of the molecule is CCOc1c(C(=O)O)cnn1-c1cccc(C2=CCCC(C)=C2CCc2ccc3c(c2OC)CCN(C(CC)CC)C3)n1. The molecule has 3 aromatic rings. The Morgan fingerprint density at radius 2 is 1.91 bits per heavy atom.